The number of nitrogens with zero attached hydrogens (tertiary/aromatic N) is 1. The highest BCUT2D eigenvalue weighted by Gasteiger charge is 2.50. The second-order valence-electron chi connectivity index (χ2n) is 7.02. The van der Waals surface area contributed by atoms with Gasteiger partial charge >= 0.3 is 7.12 Å². The van der Waals surface area contributed by atoms with E-state index in [4.69, 9.17) is 9.31 Å². The summed E-state index contributed by atoms with van der Waals surface area (Å²) < 4.78 is 12.0. The third-order valence-corrected chi connectivity index (χ3v) is 4.72. The fourth-order valence-corrected chi connectivity index (χ4v) is 2.79. The molecule has 0 spiro atoms. The molecule has 0 unspecified atom stereocenters. The van der Waals surface area contributed by atoms with Gasteiger partial charge in [0.05, 0.1) is 11.2 Å². The molecule has 0 saturated carbocycles. The van der Waals surface area contributed by atoms with Crippen LogP contribution in [-0.2, 0) is 9.31 Å². The summed E-state index contributed by atoms with van der Waals surface area (Å²) >= 11 is 0. The SMILES string of the molecule is C[C@@H]1CCN(CCCB2OC(C)(C)C(C)(C)O2)C1. The van der Waals surface area contributed by atoms with Crippen molar-refractivity contribution >= 4 is 7.12 Å². The van der Waals surface area contributed by atoms with E-state index in [2.05, 4.69) is 39.5 Å². The van der Waals surface area contributed by atoms with Crippen molar-refractivity contribution in [2.45, 2.75) is 65.0 Å². The Balaban J connectivity index is 1.69. The standard InChI is InChI=1S/C14H28BNO2/c1-12-7-10-16(11-12)9-6-8-15-17-13(2,3)14(4,5)18-15/h12H,6-11H2,1-5H3/t12-/m1/s1. The van der Waals surface area contributed by atoms with Gasteiger partial charge in [0.15, 0.2) is 0 Å². The van der Waals surface area contributed by atoms with Gasteiger partial charge in [0.25, 0.3) is 0 Å². The molecule has 2 fully saturated rings. The minimum absolute atomic E-state index is 0.0185. The maximum atomic E-state index is 6.01. The van der Waals surface area contributed by atoms with Gasteiger partial charge in [-0.1, -0.05) is 6.92 Å². The molecule has 2 saturated heterocycles. The third kappa shape index (κ3) is 3.09. The van der Waals surface area contributed by atoms with Crippen LogP contribution in [0.5, 0.6) is 0 Å². The molecule has 2 heterocycles. The quantitative estimate of drug-likeness (QED) is 0.719. The van der Waals surface area contributed by atoms with Crippen molar-refractivity contribution in [1.29, 1.82) is 0 Å². The van der Waals surface area contributed by atoms with E-state index in [1.165, 1.54) is 32.5 Å². The minimum Gasteiger partial charge on any atom is -0.403 e. The van der Waals surface area contributed by atoms with Crippen LogP contribution in [0.3, 0.4) is 0 Å². The summed E-state index contributed by atoms with van der Waals surface area (Å²) in [4.78, 5) is 2.57. The Bertz CT molecular complexity index is 278. The summed E-state index contributed by atoms with van der Waals surface area (Å²) in [7, 11) is -0.0185. The van der Waals surface area contributed by atoms with Crippen LogP contribution >= 0.6 is 0 Å². The van der Waals surface area contributed by atoms with Gasteiger partial charge in [-0.3, -0.25) is 0 Å². The van der Waals surface area contributed by atoms with Crippen LogP contribution in [0.25, 0.3) is 0 Å². The Morgan fingerprint density at radius 1 is 1.17 bits per heavy atom. The Kier molecular flexibility index (Phi) is 4.10. The van der Waals surface area contributed by atoms with Crippen LogP contribution in [0.4, 0.5) is 0 Å². The molecule has 104 valence electrons. The first-order chi connectivity index (χ1) is 8.30. The van der Waals surface area contributed by atoms with Crippen LogP contribution in [0.2, 0.25) is 6.32 Å². The highest BCUT2D eigenvalue weighted by molar-refractivity contribution is 6.45. The molecule has 0 aromatic carbocycles. The van der Waals surface area contributed by atoms with Crippen LogP contribution in [0.1, 0.15) is 47.5 Å². The average molecular weight is 253 g/mol. The maximum Gasteiger partial charge on any atom is 0.457 e. The van der Waals surface area contributed by atoms with Gasteiger partial charge in [0, 0.05) is 6.54 Å². The van der Waals surface area contributed by atoms with Gasteiger partial charge in [-0.05, 0) is 65.9 Å². The van der Waals surface area contributed by atoms with E-state index in [0.29, 0.717) is 0 Å². The highest BCUT2D eigenvalue weighted by Crippen LogP contribution is 2.37. The van der Waals surface area contributed by atoms with E-state index in [1.807, 2.05) is 0 Å². The second kappa shape index (κ2) is 5.14. The molecule has 18 heavy (non-hydrogen) atoms. The lowest BCUT2D eigenvalue weighted by atomic mass is 9.83. The van der Waals surface area contributed by atoms with Gasteiger partial charge in [0.1, 0.15) is 0 Å². The molecule has 0 radical (unpaired) electrons. The molecule has 0 amide bonds. The lowest BCUT2D eigenvalue weighted by molar-refractivity contribution is 0.00578. The summed E-state index contributed by atoms with van der Waals surface area (Å²) in [6.07, 6.45) is 3.54. The lowest BCUT2D eigenvalue weighted by Crippen LogP contribution is -2.41. The smallest absolute Gasteiger partial charge is 0.403 e. The fourth-order valence-electron chi connectivity index (χ4n) is 2.79. The van der Waals surface area contributed by atoms with E-state index in [0.717, 1.165) is 12.2 Å². The zero-order chi connectivity index (χ0) is 13.4. The summed E-state index contributed by atoms with van der Waals surface area (Å²) in [5.41, 5.74) is -0.361. The maximum absolute atomic E-state index is 6.01. The van der Waals surface area contributed by atoms with Crippen molar-refractivity contribution < 1.29 is 9.31 Å². The fraction of sp³-hybridized carbons (Fsp3) is 1.00. The average Bonchev–Trinajstić information content (AvgIpc) is 2.70. The summed E-state index contributed by atoms with van der Waals surface area (Å²) in [5.74, 6) is 0.877. The first-order valence-corrected chi connectivity index (χ1v) is 7.38. The van der Waals surface area contributed by atoms with Crippen molar-refractivity contribution in [3.05, 3.63) is 0 Å². The summed E-state index contributed by atoms with van der Waals surface area (Å²) in [6, 6.07) is 0. The van der Waals surface area contributed by atoms with E-state index in [-0.39, 0.29) is 18.3 Å². The first-order valence-electron chi connectivity index (χ1n) is 7.38. The lowest BCUT2D eigenvalue weighted by Gasteiger charge is -2.32. The first kappa shape index (κ1) is 14.4. The minimum atomic E-state index is -0.181. The van der Waals surface area contributed by atoms with Crippen LogP contribution in [0, 0.1) is 5.92 Å². The molecule has 0 bridgehead atoms. The molecule has 2 rings (SSSR count). The normalized spacial score (nSPS) is 31.2. The summed E-state index contributed by atoms with van der Waals surface area (Å²) in [5, 5.41) is 0. The molecule has 1 atom stereocenters. The van der Waals surface area contributed by atoms with Gasteiger partial charge in [0.2, 0.25) is 0 Å². The zero-order valence-corrected chi connectivity index (χ0v) is 12.7. The van der Waals surface area contributed by atoms with Crippen molar-refractivity contribution in [1.82, 2.24) is 4.90 Å². The molecular weight excluding hydrogens is 225 g/mol. The molecule has 0 aromatic rings. The van der Waals surface area contributed by atoms with E-state index in [9.17, 15) is 0 Å². The molecule has 0 N–H and O–H groups in total. The molecule has 3 nitrogen and oxygen atoms in total. The van der Waals surface area contributed by atoms with Gasteiger partial charge in [-0.2, -0.15) is 0 Å². The molecule has 4 heteroatoms. The molecule has 2 aliphatic heterocycles. The van der Waals surface area contributed by atoms with Gasteiger partial charge < -0.3 is 14.2 Å². The van der Waals surface area contributed by atoms with E-state index < -0.39 is 0 Å². The van der Waals surface area contributed by atoms with Gasteiger partial charge in [-0.25, -0.2) is 0 Å². The predicted molar refractivity (Wildman–Crippen MR) is 75.7 cm³/mol. The van der Waals surface area contributed by atoms with Crippen molar-refractivity contribution in [2.75, 3.05) is 19.6 Å². The largest absolute Gasteiger partial charge is 0.457 e. The van der Waals surface area contributed by atoms with Crippen LogP contribution in [-0.4, -0.2) is 42.9 Å². The predicted octanol–water partition coefficient (Wildman–Crippen LogP) is 2.81. The highest BCUT2D eigenvalue weighted by atomic mass is 16.7. The number of likely N-dealkylation sites (tertiary alicyclic amines) is 1. The number of hydrogen-bond donors (Lipinski definition) is 0. The Labute approximate surface area is 112 Å². The van der Waals surface area contributed by atoms with Crippen molar-refractivity contribution in [3.8, 4) is 0 Å². The Morgan fingerprint density at radius 2 is 1.78 bits per heavy atom. The van der Waals surface area contributed by atoms with E-state index >= 15 is 0 Å². The van der Waals surface area contributed by atoms with E-state index in [1.54, 1.807) is 0 Å². The second-order valence-corrected chi connectivity index (χ2v) is 7.02. The zero-order valence-electron chi connectivity index (χ0n) is 12.7. The van der Waals surface area contributed by atoms with Crippen molar-refractivity contribution in [3.63, 3.8) is 0 Å². The van der Waals surface area contributed by atoms with Gasteiger partial charge in [-0.15, -0.1) is 0 Å². The van der Waals surface area contributed by atoms with Crippen molar-refractivity contribution in [2.24, 2.45) is 5.92 Å². The van der Waals surface area contributed by atoms with Crippen LogP contribution < -0.4 is 0 Å². The Hall–Kier alpha value is -0.0551. The molecule has 2 aliphatic rings. The monoisotopic (exact) mass is 253 g/mol. The molecular formula is C14H28BNO2. The molecule has 0 aromatic heterocycles. The van der Waals surface area contributed by atoms with Crippen LogP contribution in [0.15, 0.2) is 0 Å². The number of hydrogen-bond acceptors (Lipinski definition) is 3. The third-order valence-electron chi connectivity index (χ3n) is 4.72. The topological polar surface area (TPSA) is 21.7 Å². The summed E-state index contributed by atoms with van der Waals surface area (Å²) in [6.45, 7) is 14.5. The Morgan fingerprint density at radius 3 is 2.28 bits per heavy atom. The molecule has 0 aliphatic carbocycles. The number of rotatable bonds is 4.